The fourth-order valence-electron chi connectivity index (χ4n) is 1.84. The summed E-state index contributed by atoms with van der Waals surface area (Å²) in [7, 11) is 0. The molecule has 0 unspecified atom stereocenters. The second-order valence-corrected chi connectivity index (χ2v) is 4.26. The maximum atomic E-state index is 14.1. The topological polar surface area (TPSA) is 65.2 Å². The molecule has 0 radical (unpaired) electrons. The van der Waals surface area contributed by atoms with Gasteiger partial charge in [-0.3, -0.25) is 0 Å². The van der Waals surface area contributed by atoms with E-state index in [1.807, 2.05) is 0 Å². The second-order valence-electron chi connectivity index (χ2n) is 3.85. The quantitative estimate of drug-likeness (QED) is 0.770. The number of nitrogens with zero attached hydrogens (tertiary/aromatic N) is 1. The first kappa shape index (κ1) is 11.8. The first-order chi connectivity index (χ1) is 9.18. The van der Waals surface area contributed by atoms with E-state index in [1.165, 1.54) is 12.3 Å². The highest BCUT2D eigenvalue weighted by Crippen LogP contribution is 2.39. The molecule has 6 heteroatoms. The molecule has 3 rings (SSSR count). The Hall–Kier alpha value is -2.27. The van der Waals surface area contributed by atoms with E-state index in [0.717, 1.165) is 0 Å². The first-order valence-electron chi connectivity index (χ1n) is 5.42. The van der Waals surface area contributed by atoms with E-state index < -0.39 is 5.82 Å². The maximum absolute atomic E-state index is 14.1. The molecule has 0 fully saturated rings. The van der Waals surface area contributed by atoms with Gasteiger partial charge in [0.2, 0.25) is 5.76 Å². The first-order valence-corrected chi connectivity index (χ1v) is 5.79. The molecule has 2 heterocycles. The lowest BCUT2D eigenvalue weighted by Gasteiger charge is -2.04. The van der Waals surface area contributed by atoms with Crippen LogP contribution in [0.15, 0.2) is 45.5 Å². The van der Waals surface area contributed by atoms with Gasteiger partial charge in [-0.05, 0) is 18.2 Å². The second kappa shape index (κ2) is 4.44. The Kier molecular flexibility index (Phi) is 2.76. The summed E-state index contributed by atoms with van der Waals surface area (Å²) in [6.45, 7) is 0. The molecule has 0 spiro atoms. The van der Waals surface area contributed by atoms with Crippen molar-refractivity contribution in [2.45, 2.75) is 0 Å². The van der Waals surface area contributed by atoms with Gasteiger partial charge in [0.1, 0.15) is 5.82 Å². The van der Waals surface area contributed by atoms with Crippen LogP contribution >= 0.6 is 11.6 Å². The van der Waals surface area contributed by atoms with Crippen LogP contribution in [0.5, 0.6) is 0 Å². The minimum Gasteiger partial charge on any atom is -0.461 e. The van der Waals surface area contributed by atoms with Gasteiger partial charge >= 0.3 is 0 Å². The fraction of sp³-hybridized carbons (Fsp3) is 0. The highest BCUT2D eigenvalue weighted by Gasteiger charge is 2.22. The third-order valence-corrected chi connectivity index (χ3v) is 2.98. The Labute approximate surface area is 112 Å². The standard InChI is InChI=1S/C13H8ClFN2O2/c14-8-4-1-3-7(11(8)15)10-12(19-17-13(10)16)9-5-2-6-18-9/h1-6H,(H2,16,17). The van der Waals surface area contributed by atoms with Crippen LogP contribution in [0.3, 0.4) is 0 Å². The van der Waals surface area contributed by atoms with Crippen molar-refractivity contribution >= 4 is 17.4 Å². The zero-order valence-electron chi connectivity index (χ0n) is 9.56. The molecule has 2 aromatic heterocycles. The Morgan fingerprint density at radius 3 is 2.79 bits per heavy atom. The number of halogens is 2. The summed E-state index contributed by atoms with van der Waals surface area (Å²) < 4.78 is 24.4. The van der Waals surface area contributed by atoms with Crippen LogP contribution in [0.4, 0.5) is 10.2 Å². The molecule has 1 aromatic carbocycles. The van der Waals surface area contributed by atoms with E-state index in [2.05, 4.69) is 5.16 Å². The number of nitrogen functional groups attached to an aromatic ring is 1. The minimum atomic E-state index is -0.577. The number of hydrogen-bond donors (Lipinski definition) is 1. The van der Waals surface area contributed by atoms with Crippen LogP contribution in [0.2, 0.25) is 5.02 Å². The number of nitrogens with two attached hydrogens (primary N) is 1. The van der Waals surface area contributed by atoms with Crippen LogP contribution in [0, 0.1) is 5.82 Å². The van der Waals surface area contributed by atoms with E-state index in [-0.39, 0.29) is 22.2 Å². The largest absolute Gasteiger partial charge is 0.461 e. The van der Waals surface area contributed by atoms with Crippen LogP contribution in [-0.4, -0.2) is 5.16 Å². The molecule has 0 aliphatic carbocycles. The Morgan fingerprint density at radius 1 is 1.21 bits per heavy atom. The smallest absolute Gasteiger partial charge is 0.212 e. The van der Waals surface area contributed by atoms with Crippen molar-refractivity contribution in [3.8, 4) is 22.6 Å². The van der Waals surface area contributed by atoms with Crippen molar-refractivity contribution in [1.82, 2.24) is 5.16 Å². The molecule has 0 amide bonds. The van der Waals surface area contributed by atoms with E-state index >= 15 is 0 Å². The van der Waals surface area contributed by atoms with Crippen LogP contribution in [0.25, 0.3) is 22.6 Å². The summed E-state index contributed by atoms with van der Waals surface area (Å²) in [6.07, 6.45) is 1.48. The molecule has 4 nitrogen and oxygen atoms in total. The third kappa shape index (κ3) is 1.88. The van der Waals surface area contributed by atoms with Crippen molar-refractivity contribution < 1.29 is 13.3 Å². The van der Waals surface area contributed by atoms with Crippen molar-refractivity contribution in [3.05, 3.63) is 47.4 Å². The van der Waals surface area contributed by atoms with E-state index in [4.69, 9.17) is 26.3 Å². The number of aromatic nitrogens is 1. The van der Waals surface area contributed by atoms with Crippen molar-refractivity contribution in [2.75, 3.05) is 5.73 Å². The molecule has 2 N–H and O–H groups in total. The number of anilines is 1. The summed E-state index contributed by atoms with van der Waals surface area (Å²) in [5.41, 5.74) is 6.29. The Morgan fingerprint density at radius 2 is 2.05 bits per heavy atom. The molecular weight excluding hydrogens is 271 g/mol. The molecule has 0 aliphatic rings. The maximum Gasteiger partial charge on any atom is 0.212 e. The zero-order valence-corrected chi connectivity index (χ0v) is 10.3. The SMILES string of the molecule is Nc1noc(-c2ccco2)c1-c1cccc(Cl)c1F. The van der Waals surface area contributed by atoms with Gasteiger partial charge in [0.25, 0.3) is 0 Å². The van der Waals surface area contributed by atoms with Gasteiger partial charge in [0.15, 0.2) is 11.6 Å². The minimum absolute atomic E-state index is 0.00324. The number of furan rings is 1. The lowest BCUT2D eigenvalue weighted by molar-refractivity contribution is 0.421. The molecule has 96 valence electrons. The van der Waals surface area contributed by atoms with Crippen LogP contribution in [-0.2, 0) is 0 Å². The van der Waals surface area contributed by atoms with Crippen LogP contribution in [0.1, 0.15) is 0 Å². The van der Waals surface area contributed by atoms with Gasteiger partial charge in [-0.25, -0.2) is 4.39 Å². The monoisotopic (exact) mass is 278 g/mol. The van der Waals surface area contributed by atoms with Gasteiger partial charge in [0.05, 0.1) is 16.8 Å². The lowest BCUT2D eigenvalue weighted by Crippen LogP contribution is -1.92. The average Bonchev–Trinajstić information content (AvgIpc) is 3.02. The molecule has 0 saturated carbocycles. The summed E-state index contributed by atoms with van der Waals surface area (Å²) in [6, 6.07) is 7.99. The van der Waals surface area contributed by atoms with Gasteiger partial charge in [-0.15, -0.1) is 0 Å². The normalized spacial score (nSPS) is 10.8. The molecule has 0 aliphatic heterocycles. The van der Waals surface area contributed by atoms with E-state index in [9.17, 15) is 4.39 Å². The molecular formula is C13H8ClFN2O2. The van der Waals surface area contributed by atoms with Gasteiger partial charge in [0, 0.05) is 5.56 Å². The average molecular weight is 279 g/mol. The lowest BCUT2D eigenvalue weighted by atomic mass is 10.0. The molecule has 0 atom stereocenters. The fourth-order valence-corrected chi connectivity index (χ4v) is 2.01. The zero-order chi connectivity index (χ0) is 13.4. The molecule has 0 bridgehead atoms. The van der Waals surface area contributed by atoms with Gasteiger partial charge in [-0.2, -0.15) is 0 Å². The number of benzene rings is 1. The van der Waals surface area contributed by atoms with Crippen molar-refractivity contribution in [3.63, 3.8) is 0 Å². The molecule has 19 heavy (non-hydrogen) atoms. The van der Waals surface area contributed by atoms with E-state index in [1.54, 1.807) is 24.3 Å². The highest BCUT2D eigenvalue weighted by molar-refractivity contribution is 6.31. The summed E-state index contributed by atoms with van der Waals surface area (Å²) >= 11 is 5.77. The number of rotatable bonds is 2. The third-order valence-electron chi connectivity index (χ3n) is 2.68. The predicted octanol–water partition coefficient (Wildman–Crippen LogP) is 3.98. The summed E-state index contributed by atoms with van der Waals surface area (Å²) in [4.78, 5) is 0. The van der Waals surface area contributed by atoms with E-state index in [0.29, 0.717) is 11.3 Å². The summed E-state index contributed by atoms with van der Waals surface area (Å²) in [5.74, 6) is 0.182. The van der Waals surface area contributed by atoms with Crippen LogP contribution < -0.4 is 5.73 Å². The van der Waals surface area contributed by atoms with Crippen molar-refractivity contribution in [2.24, 2.45) is 0 Å². The van der Waals surface area contributed by atoms with Gasteiger partial charge < -0.3 is 14.7 Å². The summed E-state index contributed by atoms with van der Waals surface area (Å²) in [5, 5.41) is 3.66. The molecule has 0 saturated heterocycles. The van der Waals surface area contributed by atoms with Crippen molar-refractivity contribution in [1.29, 1.82) is 0 Å². The predicted molar refractivity (Wildman–Crippen MR) is 69.0 cm³/mol. The van der Waals surface area contributed by atoms with Gasteiger partial charge in [-0.1, -0.05) is 28.9 Å². The Balaban J connectivity index is 2.26. The highest BCUT2D eigenvalue weighted by atomic mass is 35.5. The number of hydrogen-bond acceptors (Lipinski definition) is 4. The Bertz CT molecular complexity index is 722. The molecule has 3 aromatic rings.